The smallest absolute Gasteiger partial charge is 0.224 e. The standard InChI is InChI=1S/C20H22N2O3/c1-13-10-17(14(2)25-13)20(3,24)12-22-18(23)11-16-7-4-6-15-8-5-9-21-19(15)16/h4-10,24H,11-12H2,1-3H3,(H,22,23)/t20-/m0/s1. The molecule has 0 aliphatic heterocycles. The van der Waals surface area contributed by atoms with Crippen LogP contribution in [0.25, 0.3) is 10.9 Å². The first-order valence-electron chi connectivity index (χ1n) is 8.26. The van der Waals surface area contributed by atoms with Crippen LogP contribution in [0.5, 0.6) is 0 Å². The van der Waals surface area contributed by atoms with Crippen LogP contribution < -0.4 is 5.32 Å². The van der Waals surface area contributed by atoms with Crippen LogP contribution in [0.4, 0.5) is 0 Å². The summed E-state index contributed by atoms with van der Waals surface area (Å²) in [6.07, 6.45) is 1.94. The minimum atomic E-state index is -1.19. The minimum Gasteiger partial charge on any atom is -0.466 e. The number of nitrogens with one attached hydrogen (secondary N) is 1. The molecule has 1 aromatic carbocycles. The van der Waals surface area contributed by atoms with Gasteiger partial charge >= 0.3 is 0 Å². The molecule has 2 N–H and O–H groups in total. The summed E-state index contributed by atoms with van der Waals surface area (Å²) in [6, 6.07) is 11.4. The predicted octanol–water partition coefficient (Wildman–Crippen LogP) is 3.01. The van der Waals surface area contributed by atoms with E-state index in [4.69, 9.17) is 4.42 Å². The average molecular weight is 338 g/mol. The van der Waals surface area contributed by atoms with Crippen LogP contribution >= 0.6 is 0 Å². The van der Waals surface area contributed by atoms with Gasteiger partial charge in [-0.05, 0) is 38.5 Å². The Bertz CT molecular complexity index is 907. The van der Waals surface area contributed by atoms with E-state index in [1.807, 2.05) is 37.3 Å². The van der Waals surface area contributed by atoms with Crippen molar-refractivity contribution in [3.63, 3.8) is 0 Å². The molecule has 0 aliphatic carbocycles. The van der Waals surface area contributed by atoms with Gasteiger partial charge in [0, 0.05) is 17.1 Å². The average Bonchev–Trinajstić information content (AvgIpc) is 2.93. The van der Waals surface area contributed by atoms with E-state index in [-0.39, 0.29) is 18.9 Å². The maximum Gasteiger partial charge on any atom is 0.224 e. The number of furan rings is 1. The molecule has 5 nitrogen and oxygen atoms in total. The third-order valence-corrected chi connectivity index (χ3v) is 4.32. The third-order valence-electron chi connectivity index (χ3n) is 4.32. The molecule has 0 bridgehead atoms. The van der Waals surface area contributed by atoms with Gasteiger partial charge in [0.2, 0.25) is 5.91 Å². The van der Waals surface area contributed by atoms with E-state index in [0.29, 0.717) is 11.3 Å². The van der Waals surface area contributed by atoms with Gasteiger partial charge < -0.3 is 14.8 Å². The zero-order valence-electron chi connectivity index (χ0n) is 14.7. The van der Waals surface area contributed by atoms with Gasteiger partial charge in [-0.1, -0.05) is 24.3 Å². The molecular weight excluding hydrogens is 316 g/mol. The number of amides is 1. The molecule has 130 valence electrons. The summed E-state index contributed by atoms with van der Waals surface area (Å²) in [4.78, 5) is 16.7. The third kappa shape index (κ3) is 3.72. The predicted molar refractivity (Wildman–Crippen MR) is 96.2 cm³/mol. The number of aryl methyl sites for hydroxylation is 2. The Hall–Kier alpha value is -2.66. The van der Waals surface area contributed by atoms with Crippen molar-refractivity contribution in [3.8, 4) is 0 Å². The quantitative estimate of drug-likeness (QED) is 0.750. The number of pyridine rings is 1. The molecule has 0 fully saturated rings. The first-order chi connectivity index (χ1) is 11.9. The molecule has 0 spiro atoms. The van der Waals surface area contributed by atoms with Crippen molar-refractivity contribution in [2.75, 3.05) is 6.54 Å². The number of carbonyl (C=O) groups excluding carboxylic acids is 1. The van der Waals surface area contributed by atoms with Crippen molar-refractivity contribution >= 4 is 16.8 Å². The second-order valence-corrected chi connectivity index (χ2v) is 6.55. The van der Waals surface area contributed by atoms with Crippen LogP contribution in [-0.2, 0) is 16.8 Å². The highest BCUT2D eigenvalue weighted by Gasteiger charge is 2.28. The Balaban J connectivity index is 1.69. The number of hydrogen-bond acceptors (Lipinski definition) is 4. The van der Waals surface area contributed by atoms with E-state index in [1.54, 1.807) is 26.1 Å². The van der Waals surface area contributed by atoms with Crippen LogP contribution in [0, 0.1) is 13.8 Å². The van der Waals surface area contributed by atoms with Crippen molar-refractivity contribution in [1.82, 2.24) is 10.3 Å². The molecule has 0 aliphatic rings. The highest BCUT2D eigenvalue weighted by atomic mass is 16.3. The number of hydrogen-bond donors (Lipinski definition) is 2. The van der Waals surface area contributed by atoms with Crippen molar-refractivity contribution in [1.29, 1.82) is 0 Å². The summed E-state index contributed by atoms with van der Waals surface area (Å²) in [5.41, 5.74) is 1.20. The molecule has 2 heterocycles. The summed E-state index contributed by atoms with van der Waals surface area (Å²) in [5, 5.41) is 14.5. The van der Waals surface area contributed by atoms with E-state index < -0.39 is 5.60 Å². The number of fused-ring (bicyclic) bond motifs is 1. The lowest BCUT2D eigenvalue weighted by atomic mass is 9.96. The molecule has 0 radical (unpaired) electrons. The number of rotatable bonds is 5. The van der Waals surface area contributed by atoms with Crippen molar-refractivity contribution in [2.24, 2.45) is 0 Å². The summed E-state index contributed by atoms with van der Waals surface area (Å²) in [7, 11) is 0. The largest absolute Gasteiger partial charge is 0.466 e. The van der Waals surface area contributed by atoms with Crippen LogP contribution in [0.15, 0.2) is 47.0 Å². The van der Waals surface area contributed by atoms with Crippen LogP contribution in [0.2, 0.25) is 0 Å². The fourth-order valence-electron chi connectivity index (χ4n) is 3.08. The summed E-state index contributed by atoms with van der Waals surface area (Å²) in [5.74, 6) is 1.24. The minimum absolute atomic E-state index is 0.115. The summed E-state index contributed by atoms with van der Waals surface area (Å²) >= 11 is 0. The van der Waals surface area contributed by atoms with Gasteiger partial charge in [-0.25, -0.2) is 0 Å². The lowest BCUT2D eigenvalue weighted by Crippen LogP contribution is -2.39. The highest BCUT2D eigenvalue weighted by Crippen LogP contribution is 2.26. The van der Waals surface area contributed by atoms with Gasteiger partial charge in [-0.15, -0.1) is 0 Å². The topological polar surface area (TPSA) is 75.4 Å². The van der Waals surface area contributed by atoms with E-state index >= 15 is 0 Å². The van der Waals surface area contributed by atoms with E-state index in [1.165, 1.54) is 0 Å². The number of nitrogens with zero attached hydrogens (tertiary/aromatic N) is 1. The maximum absolute atomic E-state index is 12.4. The van der Waals surface area contributed by atoms with E-state index in [9.17, 15) is 9.90 Å². The van der Waals surface area contributed by atoms with E-state index in [0.717, 1.165) is 22.2 Å². The second-order valence-electron chi connectivity index (χ2n) is 6.55. The Morgan fingerprint density at radius 2 is 2.04 bits per heavy atom. The summed E-state index contributed by atoms with van der Waals surface area (Å²) in [6.45, 7) is 5.42. The Morgan fingerprint density at radius 1 is 1.28 bits per heavy atom. The van der Waals surface area contributed by atoms with Crippen molar-refractivity contribution in [2.45, 2.75) is 32.8 Å². The van der Waals surface area contributed by atoms with Gasteiger partial charge in [0.05, 0.1) is 18.5 Å². The lowest BCUT2D eigenvalue weighted by Gasteiger charge is -2.23. The van der Waals surface area contributed by atoms with E-state index in [2.05, 4.69) is 10.3 Å². The molecule has 0 saturated heterocycles. The Kier molecular flexibility index (Phi) is 4.59. The SMILES string of the molecule is Cc1cc([C@@](C)(O)CNC(=O)Cc2cccc3cccnc23)c(C)o1. The fourth-order valence-corrected chi connectivity index (χ4v) is 3.08. The molecule has 1 atom stereocenters. The van der Waals surface area contributed by atoms with Gasteiger partial charge in [-0.3, -0.25) is 9.78 Å². The number of para-hydroxylation sites is 1. The number of aromatic nitrogens is 1. The number of aliphatic hydroxyl groups is 1. The molecule has 2 aromatic heterocycles. The van der Waals surface area contributed by atoms with Crippen LogP contribution in [0.3, 0.4) is 0 Å². The molecular formula is C20H22N2O3. The Labute approximate surface area is 146 Å². The maximum atomic E-state index is 12.4. The fraction of sp³-hybridized carbons (Fsp3) is 0.300. The monoisotopic (exact) mass is 338 g/mol. The highest BCUT2D eigenvalue weighted by molar-refractivity contribution is 5.87. The number of benzene rings is 1. The first-order valence-corrected chi connectivity index (χ1v) is 8.26. The second kappa shape index (κ2) is 6.69. The van der Waals surface area contributed by atoms with Gasteiger partial charge in [0.15, 0.2) is 0 Å². The summed E-state index contributed by atoms with van der Waals surface area (Å²) < 4.78 is 5.47. The van der Waals surface area contributed by atoms with Crippen molar-refractivity contribution in [3.05, 3.63) is 65.2 Å². The van der Waals surface area contributed by atoms with Gasteiger partial charge in [0.1, 0.15) is 17.1 Å². The molecule has 5 heteroatoms. The molecule has 0 unspecified atom stereocenters. The molecule has 3 rings (SSSR count). The zero-order valence-corrected chi connectivity index (χ0v) is 14.7. The van der Waals surface area contributed by atoms with Crippen LogP contribution in [0.1, 0.15) is 29.6 Å². The van der Waals surface area contributed by atoms with Crippen molar-refractivity contribution < 1.29 is 14.3 Å². The molecule has 1 amide bonds. The lowest BCUT2D eigenvalue weighted by molar-refractivity contribution is -0.121. The normalized spacial score (nSPS) is 13.6. The first kappa shape index (κ1) is 17.2. The van der Waals surface area contributed by atoms with Gasteiger partial charge in [-0.2, -0.15) is 0 Å². The van der Waals surface area contributed by atoms with Crippen LogP contribution in [-0.4, -0.2) is 22.5 Å². The number of carbonyl (C=O) groups is 1. The molecule has 25 heavy (non-hydrogen) atoms. The molecule has 0 saturated carbocycles. The zero-order chi connectivity index (χ0) is 18.0. The Morgan fingerprint density at radius 3 is 2.76 bits per heavy atom. The molecule has 3 aromatic rings. The van der Waals surface area contributed by atoms with Gasteiger partial charge in [0.25, 0.3) is 0 Å².